The van der Waals surface area contributed by atoms with E-state index in [9.17, 15) is 4.79 Å². The van der Waals surface area contributed by atoms with E-state index in [1.165, 1.54) is 16.2 Å². The van der Waals surface area contributed by atoms with E-state index >= 15 is 0 Å². The van der Waals surface area contributed by atoms with Crippen molar-refractivity contribution in [2.75, 3.05) is 0 Å². The van der Waals surface area contributed by atoms with E-state index in [0.29, 0.717) is 6.42 Å². The van der Waals surface area contributed by atoms with Gasteiger partial charge in [-0.3, -0.25) is 0 Å². The van der Waals surface area contributed by atoms with Crippen LogP contribution in [0.25, 0.3) is 10.1 Å². The van der Waals surface area contributed by atoms with Gasteiger partial charge in [-0.1, -0.05) is 6.07 Å². The van der Waals surface area contributed by atoms with Gasteiger partial charge in [-0.05, 0) is 29.2 Å². The molecule has 2 nitrogen and oxygen atoms in total. The lowest BCUT2D eigenvalue weighted by Gasteiger charge is -1.93. The molecule has 60 valence electrons. The Morgan fingerprint density at radius 3 is 3.25 bits per heavy atom. The number of fused-ring (bicyclic) bond motifs is 1. The average molecular weight is 177 g/mol. The minimum Gasteiger partial charge on any atom is -0.303 e. The molecule has 0 saturated heterocycles. The van der Waals surface area contributed by atoms with E-state index in [1.807, 2.05) is 24.4 Å². The summed E-state index contributed by atoms with van der Waals surface area (Å²) in [6, 6.07) is 5.98. The van der Waals surface area contributed by atoms with Crippen LogP contribution in [0.5, 0.6) is 0 Å². The molecule has 0 atom stereocenters. The molecule has 0 bridgehead atoms. The second-order valence-corrected chi connectivity index (χ2v) is 3.40. The van der Waals surface area contributed by atoms with E-state index in [0.717, 1.165) is 17.2 Å². The summed E-state index contributed by atoms with van der Waals surface area (Å²) in [5.74, 6) is 0. The first-order valence-electron chi connectivity index (χ1n) is 3.67. The number of benzene rings is 1. The third kappa shape index (κ3) is 1.23. The zero-order valence-corrected chi connectivity index (χ0v) is 7.17. The first-order valence-corrected chi connectivity index (χ1v) is 4.44. The maximum atomic E-state index is 10.2. The van der Waals surface area contributed by atoms with Gasteiger partial charge in [0.1, 0.15) is 6.29 Å². The Kier molecular flexibility index (Phi) is 1.87. The predicted octanol–water partition coefficient (Wildman–Crippen LogP) is 2.04. The molecule has 3 heteroatoms. The van der Waals surface area contributed by atoms with Gasteiger partial charge in [0.25, 0.3) is 0 Å². The highest BCUT2D eigenvalue weighted by atomic mass is 32.1. The molecule has 1 aromatic carbocycles. The molecule has 0 amide bonds. The van der Waals surface area contributed by atoms with Gasteiger partial charge < -0.3 is 4.79 Å². The lowest BCUT2D eigenvalue weighted by molar-refractivity contribution is -0.107. The minimum atomic E-state index is 0.492. The van der Waals surface area contributed by atoms with E-state index in [1.54, 1.807) is 0 Å². The smallest absolute Gasteiger partial charge is 0.124 e. The van der Waals surface area contributed by atoms with E-state index in [-0.39, 0.29) is 0 Å². The van der Waals surface area contributed by atoms with Crippen LogP contribution in [-0.4, -0.2) is 10.7 Å². The van der Waals surface area contributed by atoms with Crippen LogP contribution in [0.4, 0.5) is 0 Å². The Labute approximate surface area is 74.0 Å². The van der Waals surface area contributed by atoms with Crippen molar-refractivity contribution in [3.63, 3.8) is 0 Å². The van der Waals surface area contributed by atoms with Crippen molar-refractivity contribution in [3.8, 4) is 0 Å². The number of hydrogen-bond donors (Lipinski definition) is 0. The highest BCUT2D eigenvalue weighted by Gasteiger charge is 1.97. The number of aromatic nitrogens is 1. The maximum Gasteiger partial charge on any atom is 0.124 e. The van der Waals surface area contributed by atoms with E-state index in [2.05, 4.69) is 4.37 Å². The highest BCUT2D eigenvalue weighted by Crippen LogP contribution is 2.18. The van der Waals surface area contributed by atoms with Crippen LogP contribution in [0.3, 0.4) is 0 Å². The first-order chi connectivity index (χ1) is 5.90. The van der Waals surface area contributed by atoms with Gasteiger partial charge in [-0.25, -0.2) is 0 Å². The Hall–Kier alpha value is -1.22. The van der Waals surface area contributed by atoms with Crippen molar-refractivity contribution in [2.24, 2.45) is 0 Å². The maximum absolute atomic E-state index is 10.2. The molecule has 12 heavy (non-hydrogen) atoms. The Morgan fingerprint density at radius 1 is 1.50 bits per heavy atom. The third-order valence-electron chi connectivity index (χ3n) is 1.74. The van der Waals surface area contributed by atoms with Gasteiger partial charge >= 0.3 is 0 Å². The Bertz CT molecular complexity index is 408. The van der Waals surface area contributed by atoms with Gasteiger partial charge in [-0.15, -0.1) is 0 Å². The Balaban J connectivity index is 2.52. The van der Waals surface area contributed by atoms with Crippen LogP contribution in [-0.2, 0) is 11.2 Å². The largest absolute Gasteiger partial charge is 0.303 e. The molecule has 0 radical (unpaired) electrons. The summed E-state index contributed by atoms with van der Waals surface area (Å²) in [6.07, 6.45) is 3.24. The zero-order valence-electron chi connectivity index (χ0n) is 6.36. The molecular formula is C9H7NOS. The molecule has 0 aliphatic heterocycles. The third-order valence-corrected chi connectivity index (χ3v) is 2.52. The van der Waals surface area contributed by atoms with Crippen molar-refractivity contribution < 1.29 is 4.79 Å². The molecule has 0 aliphatic rings. The summed E-state index contributed by atoms with van der Waals surface area (Å²) < 4.78 is 5.23. The molecule has 2 rings (SSSR count). The van der Waals surface area contributed by atoms with E-state index in [4.69, 9.17) is 0 Å². The van der Waals surface area contributed by atoms with Crippen molar-refractivity contribution in [1.82, 2.24) is 4.37 Å². The van der Waals surface area contributed by atoms with Gasteiger partial charge in [0.2, 0.25) is 0 Å². The summed E-state index contributed by atoms with van der Waals surface area (Å²) in [6.45, 7) is 0. The molecule has 0 spiro atoms. The van der Waals surface area contributed by atoms with Crippen molar-refractivity contribution in [1.29, 1.82) is 0 Å². The fraction of sp³-hybridized carbons (Fsp3) is 0.111. The number of carbonyl (C=O) groups is 1. The molecule has 1 heterocycles. The number of carbonyl (C=O) groups excluding carboxylic acids is 1. The molecule has 0 N–H and O–H groups in total. The highest BCUT2D eigenvalue weighted by molar-refractivity contribution is 7.13. The lowest BCUT2D eigenvalue weighted by Crippen LogP contribution is -1.83. The second kappa shape index (κ2) is 3.03. The van der Waals surface area contributed by atoms with Gasteiger partial charge in [-0.2, -0.15) is 4.37 Å². The van der Waals surface area contributed by atoms with Crippen LogP contribution in [0.15, 0.2) is 24.4 Å². The van der Waals surface area contributed by atoms with Gasteiger partial charge in [0, 0.05) is 18.0 Å². The molecular weight excluding hydrogens is 170 g/mol. The van der Waals surface area contributed by atoms with Crippen LogP contribution >= 0.6 is 11.5 Å². The number of hydrogen-bond acceptors (Lipinski definition) is 3. The van der Waals surface area contributed by atoms with Crippen LogP contribution in [0.1, 0.15) is 5.56 Å². The molecule has 1 aromatic heterocycles. The zero-order chi connectivity index (χ0) is 8.39. The predicted molar refractivity (Wildman–Crippen MR) is 49.4 cm³/mol. The summed E-state index contributed by atoms with van der Waals surface area (Å²) in [7, 11) is 0. The molecule has 0 unspecified atom stereocenters. The lowest BCUT2D eigenvalue weighted by atomic mass is 10.1. The van der Waals surface area contributed by atoms with Gasteiger partial charge in [0.15, 0.2) is 0 Å². The molecule has 2 aromatic rings. The number of rotatable bonds is 2. The first kappa shape index (κ1) is 7.43. The van der Waals surface area contributed by atoms with Crippen LogP contribution < -0.4 is 0 Å². The summed E-state index contributed by atoms with van der Waals surface area (Å²) in [5, 5.41) is 1.12. The fourth-order valence-corrected chi connectivity index (χ4v) is 1.77. The van der Waals surface area contributed by atoms with Crippen LogP contribution in [0, 0.1) is 0 Å². The molecule has 0 aliphatic carbocycles. The standard InChI is InChI=1S/C9H7NOS/c11-4-3-7-1-2-9-8(5-7)6-10-12-9/h1-2,4-6H,3H2. The number of aldehydes is 1. The SMILES string of the molecule is O=CCc1ccc2sncc2c1. The van der Waals surface area contributed by atoms with Gasteiger partial charge in [0.05, 0.1) is 4.70 Å². The quantitative estimate of drug-likeness (QED) is 0.657. The number of nitrogens with zero attached hydrogens (tertiary/aromatic N) is 1. The van der Waals surface area contributed by atoms with E-state index < -0.39 is 0 Å². The summed E-state index contributed by atoms with van der Waals surface area (Å²) >= 11 is 1.48. The van der Waals surface area contributed by atoms with Crippen molar-refractivity contribution >= 4 is 27.9 Å². The molecule has 0 fully saturated rings. The summed E-state index contributed by atoms with van der Waals surface area (Å²) in [5.41, 5.74) is 1.05. The Morgan fingerprint density at radius 2 is 2.42 bits per heavy atom. The second-order valence-electron chi connectivity index (χ2n) is 2.57. The normalized spacial score (nSPS) is 10.3. The minimum absolute atomic E-state index is 0.492. The van der Waals surface area contributed by atoms with Crippen molar-refractivity contribution in [2.45, 2.75) is 6.42 Å². The molecule has 0 saturated carbocycles. The average Bonchev–Trinajstić information content (AvgIpc) is 2.51. The monoisotopic (exact) mass is 177 g/mol. The topological polar surface area (TPSA) is 30.0 Å². The van der Waals surface area contributed by atoms with Crippen molar-refractivity contribution in [3.05, 3.63) is 30.0 Å². The summed E-state index contributed by atoms with van der Waals surface area (Å²) in [4.78, 5) is 10.2. The van der Waals surface area contributed by atoms with Crippen LogP contribution in [0.2, 0.25) is 0 Å². The fourth-order valence-electron chi connectivity index (χ4n) is 1.15.